The summed E-state index contributed by atoms with van der Waals surface area (Å²) in [5, 5.41) is 11.4. The van der Waals surface area contributed by atoms with Gasteiger partial charge in [0.15, 0.2) is 5.78 Å². The van der Waals surface area contributed by atoms with Gasteiger partial charge in [-0.25, -0.2) is 13.8 Å². The summed E-state index contributed by atoms with van der Waals surface area (Å²) in [6.07, 6.45) is 0.252. The van der Waals surface area contributed by atoms with Crippen molar-refractivity contribution in [3.8, 4) is 22.5 Å². The first-order chi connectivity index (χ1) is 16.5. The van der Waals surface area contributed by atoms with E-state index in [0.29, 0.717) is 28.1 Å². The molecule has 5 rings (SSSR count). The molecule has 3 aromatic carbocycles. The van der Waals surface area contributed by atoms with E-state index in [9.17, 15) is 18.4 Å². The molecule has 1 aromatic heterocycles. The summed E-state index contributed by atoms with van der Waals surface area (Å²) in [5.41, 5.74) is 4.09. The van der Waals surface area contributed by atoms with Gasteiger partial charge in [0, 0.05) is 22.4 Å². The van der Waals surface area contributed by atoms with Gasteiger partial charge in [-0.3, -0.25) is 9.59 Å². The molecule has 0 spiro atoms. The Labute approximate surface area is 197 Å². The number of ketones is 1. The third kappa shape index (κ3) is 4.55. The molecule has 9 heteroatoms. The van der Waals surface area contributed by atoms with Crippen molar-refractivity contribution in [2.24, 2.45) is 0 Å². The molecule has 0 unspecified atom stereocenters. The molecule has 0 radical (unpaired) electrons. The molecular weight excluding hydrogens is 458 g/mol. The molecule has 34 heavy (non-hydrogen) atoms. The van der Waals surface area contributed by atoms with Gasteiger partial charge in [-0.15, -0.1) is 10.2 Å². The van der Waals surface area contributed by atoms with Crippen LogP contribution in [0.4, 0.5) is 14.5 Å². The first-order valence-corrected chi connectivity index (χ1v) is 11.3. The van der Waals surface area contributed by atoms with Gasteiger partial charge in [-0.05, 0) is 72.3 Å². The minimum absolute atomic E-state index is 0.0700. The van der Waals surface area contributed by atoms with Gasteiger partial charge in [-0.2, -0.15) is 0 Å². The first kappa shape index (κ1) is 21.8. The normalized spacial score (nSPS) is 12.4. The summed E-state index contributed by atoms with van der Waals surface area (Å²) in [6, 6.07) is 16.7. The lowest BCUT2D eigenvalue weighted by Gasteiger charge is -2.10. The number of carbonyl (C=O) groups is 2. The molecule has 1 N–H and O–H groups in total. The topological polar surface area (TPSA) is 84.8 Å². The van der Waals surface area contributed by atoms with Crippen LogP contribution in [0.15, 0.2) is 71.9 Å². The summed E-state index contributed by atoms with van der Waals surface area (Å²) in [6.45, 7) is 0. The van der Waals surface area contributed by atoms with E-state index in [1.54, 1.807) is 42.5 Å². The van der Waals surface area contributed by atoms with E-state index >= 15 is 0 Å². The zero-order chi connectivity index (χ0) is 23.7. The highest BCUT2D eigenvalue weighted by Crippen LogP contribution is 2.31. The van der Waals surface area contributed by atoms with Gasteiger partial charge in [0.25, 0.3) is 0 Å². The van der Waals surface area contributed by atoms with Crippen molar-refractivity contribution in [3.63, 3.8) is 0 Å². The Balaban J connectivity index is 1.41. The average Bonchev–Trinajstić information content (AvgIpc) is 3.22. The molecule has 1 aliphatic heterocycles. The molecule has 4 aromatic rings. The van der Waals surface area contributed by atoms with Crippen LogP contribution in [0.5, 0.6) is 0 Å². The average molecular weight is 474 g/mol. The van der Waals surface area contributed by atoms with Crippen LogP contribution < -0.4 is 5.32 Å². The maximum absolute atomic E-state index is 13.5. The highest BCUT2D eigenvalue weighted by Gasteiger charge is 2.20. The van der Waals surface area contributed by atoms with E-state index in [0.717, 1.165) is 23.0 Å². The molecule has 0 fully saturated rings. The van der Waals surface area contributed by atoms with Gasteiger partial charge < -0.3 is 5.32 Å². The minimum Gasteiger partial charge on any atom is -0.326 e. The van der Waals surface area contributed by atoms with Crippen LogP contribution in [0.3, 0.4) is 0 Å². The molecule has 1 aliphatic rings. The molecule has 168 valence electrons. The monoisotopic (exact) mass is 474 g/mol. The van der Waals surface area contributed by atoms with Crippen molar-refractivity contribution in [2.45, 2.75) is 11.6 Å². The molecular formula is C25H16F2N4O2S. The zero-order valence-electron chi connectivity index (χ0n) is 17.6. The lowest BCUT2D eigenvalue weighted by atomic mass is 10.0. The van der Waals surface area contributed by atoms with Crippen LogP contribution in [0, 0.1) is 11.6 Å². The Bertz CT molecular complexity index is 1410. The molecule has 0 atom stereocenters. The maximum atomic E-state index is 13.5. The number of halogens is 2. The summed E-state index contributed by atoms with van der Waals surface area (Å²) in [5.74, 6) is -0.934. The Morgan fingerprint density at radius 3 is 2.21 bits per heavy atom. The number of amides is 1. The van der Waals surface area contributed by atoms with Crippen LogP contribution >= 0.6 is 11.8 Å². The third-order valence-electron chi connectivity index (χ3n) is 5.29. The Morgan fingerprint density at radius 1 is 0.882 bits per heavy atom. The molecule has 0 bridgehead atoms. The van der Waals surface area contributed by atoms with E-state index in [-0.39, 0.29) is 40.7 Å². The van der Waals surface area contributed by atoms with E-state index in [2.05, 4.69) is 20.5 Å². The number of aromatic nitrogens is 3. The Hall–Kier alpha value is -3.98. The molecule has 0 saturated carbocycles. The van der Waals surface area contributed by atoms with E-state index < -0.39 is 0 Å². The van der Waals surface area contributed by atoms with Crippen molar-refractivity contribution < 1.29 is 18.4 Å². The number of nitrogens with one attached hydrogen (secondary N) is 1. The van der Waals surface area contributed by atoms with Crippen molar-refractivity contribution in [1.82, 2.24) is 15.2 Å². The number of nitrogens with zero attached hydrogens (tertiary/aromatic N) is 3. The van der Waals surface area contributed by atoms with E-state index in [4.69, 9.17) is 0 Å². The standard InChI is InChI=1S/C25H16F2N4O2S/c26-18-6-1-14(2-7-18)23-24(15-3-8-19(27)9-4-15)30-31-25(29-23)34-13-21(32)16-5-10-20-17(11-16)12-22(33)28-20/h1-11H,12-13H2,(H,28,33). The molecule has 2 heterocycles. The maximum Gasteiger partial charge on any atom is 0.228 e. The highest BCUT2D eigenvalue weighted by molar-refractivity contribution is 7.99. The van der Waals surface area contributed by atoms with Crippen molar-refractivity contribution in [1.29, 1.82) is 0 Å². The first-order valence-electron chi connectivity index (χ1n) is 10.3. The summed E-state index contributed by atoms with van der Waals surface area (Å²) >= 11 is 1.12. The fraction of sp³-hybridized carbons (Fsp3) is 0.0800. The van der Waals surface area contributed by atoms with Crippen LogP contribution in [0.2, 0.25) is 0 Å². The SMILES string of the molecule is O=C1Cc2cc(C(=O)CSc3nnc(-c4ccc(F)cc4)c(-c4ccc(F)cc4)n3)ccc2N1. The highest BCUT2D eigenvalue weighted by atomic mass is 32.2. The number of thioether (sulfide) groups is 1. The van der Waals surface area contributed by atoms with Gasteiger partial charge in [0.1, 0.15) is 23.0 Å². The predicted molar refractivity (Wildman–Crippen MR) is 124 cm³/mol. The van der Waals surface area contributed by atoms with Crippen LogP contribution in [0.1, 0.15) is 15.9 Å². The van der Waals surface area contributed by atoms with Gasteiger partial charge in [0.2, 0.25) is 11.1 Å². The van der Waals surface area contributed by atoms with Crippen LogP contribution in [-0.4, -0.2) is 32.6 Å². The summed E-state index contributed by atoms with van der Waals surface area (Å²) < 4.78 is 26.9. The molecule has 0 saturated heterocycles. The van der Waals surface area contributed by atoms with Crippen molar-refractivity contribution in [2.75, 3.05) is 11.1 Å². The molecule has 1 amide bonds. The van der Waals surface area contributed by atoms with E-state index in [1.807, 2.05) is 0 Å². The van der Waals surface area contributed by atoms with Gasteiger partial charge in [0.05, 0.1) is 12.2 Å². The third-order valence-corrected chi connectivity index (χ3v) is 6.12. The van der Waals surface area contributed by atoms with Gasteiger partial charge >= 0.3 is 0 Å². The fourth-order valence-corrected chi connectivity index (χ4v) is 4.28. The second kappa shape index (κ2) is 9.11. The van der Waals surface area contributed by atoms with Crippen LogP contribution in [-0.2, 0) is 11.2 Å². The number of benzene rings is 3. The predicted octanol–water partition coefficient (Wildman–Crippen LogP) is 4.95. The molecule has 0 aliphatic carbocycles. The summed E-state index contributed by atoms with van der Waals surface area (Å²) in [4.78, 5) is 28.8. The fourth-order valence-electron chi connectivity index (χ4n) is 3.60. The number of rotatable bonds is 6. The largest absolute Gasteiger partial charge is 0.326 e. The number of Topliss-reactive ketones (excluding diaryl/α,β-unsaturated/α-hetero) is 1. The van der Waals surface area contributed by atoms with Gasteiger partial charge in [-0.1, -0.05) is 11.8 Å². The lowest BCUT2D eigenvalue weighted by molar-refractivity contribution is -0.115. The number of anilines is 1. The second-order valence-electron chi connectivity index (χ2n) is 7.61. The minimum atomic E-state index is -0.388. The lowest BCUT2D eigenvalue weighted by Crippen LogP contribution is -2.05. The summed E-state index contributed by atoms with van der Waals surface area (Å²) in [7, 11) is 0. The number of fused-ring (bicyclic) bond motifs is 1. The number of hydrogen-bond donors (Lipinski definition) is 1. The number of hydrogen-bond acceptors (Lipinski definition) is 6. The zero-order valence-corrected chi connectivity index (χ0v) is 18.4. The Kier molecular flexibility index (Phi) is 5.85. The van der Waals surface area contributed by atoms with Crippen LogP contribution in [0.25, 0.3) is 22.5 Å². The van der Waals surface area contributed by atoms with Crippen molar-refractivity contribution in [3.05, 3.63) is 89.5 Å². The Morgan fingerprint density at radius 2 is 1.53 bits per heavy atom. The quantitative estimate of drug-likeness (QED) is 0.314. The smallest absolute Gasteiger partial charge is 0.228 e. The second-order valence-corrected chi connectivity index (χ2v) is 8.56. The van der Waals surface area contributed by atoms with E-state index in [1.165, 1.54) is 24.3 Å². The molecule has 6 nitrogen and oxygen atoms in total. The van der Waals surface area contributed by atoms with Crippen molar-refractivity contribution >= 4 is 29.1 Å². The number of carbonyl (C=O) groups excluding carboxylic acids is 2.